The number of rotatable bonds is 4. The maximum Gasteiger partial charge on any atom is 0.234 e. The Morgan fingerprint density at radius 1 is 1.19 bits per heavy atom. The van der Waals surface area contributed by atoms with Crippen LogP contribution in [-0.4, -0.2) is 28.5 Å². The van der Waals surface area contributed by atoms with Crippen molar-refractivity contribution in [2.45, 2.75) is 58.2 Å². The van der Waals surface area contributed by atoms with Crippen molar-refractivity contribution in [1.29, 1.82) is 0 Å². The molecule has 2 aliphatic rings. The van der Waals surface area contributed by atoms with Crippen molar-refractivity contribution >= 4 is 5.91 Å². The van der Waals surface area contributed by atoms with Gasteiger partial charge in [0.2, 0.25) is 5.91 Å². The van der Waals surface area contributed by atoms with Crippen LogP contribution in [-0.2, 0) is 24.2 Å². The van der Waals surface area contributed by atoms with Crippen LogP contribution >= 0.6 is 0 Å². The molecule has 138 valence electrons. The smallest absolute Gasteiger partial charge is 0.234 e. The Hall–Kier alpha value is -2.07. The third kappa shape index (κ3) is 3.43. The third-order valence-corrected chi connectivity index (χ3v) is 6.07. The maximum atomic E-state index is 12.6. The largest absolute Gasteiger partial charge is 0.349 e. The molecular weight excluding hydrogens is 322 g/mol. The minimum Gasteiger partial charge on any atom is -0.349 e. The number of carbonyl (C=O) groups is 1. The summed E-state index contributed by atoms with van der Waals surface area (Å²) in [5.41, 5.74) is 5.48. The predicted octanol–water partition coefficient (Wildman–Crippen LogP) is 3.62. The first kappa shape index (κ1) is 17.3. The maximum absolute atomic E-state index is 12.6. The van der Waals surface area contributed by atoms with E-state index in [1.807, 2.05) is 0 Å². The highest BCUT2D eigenvalue weighted by Crippen LogP contribution is 2.26. The molecule has 0 bridgehead atoms. The zero-order valence-electron chi connectivity index (χ0n) is 15.9. The number of hydrogen-bond acceptors (Lipinski definition) is 2. The Kier molecular flexibility index (Phi) is 4.86. The zero-order chi connectivity index (χ0) is 18.1. The molecule has 4 rings (SSSR count). The van der Waals surface area contributed by atoms with Crippen LogP contribution < -0.4 is 5.32 Å². The number of amides is 1. The van der Waals surface area contributed by atoms with Gasteiger partial charge in [-0.2, -0.15) is 0 Å². The number of fused-ring (bicyclic) bond motifs is 2. The minimum absolute atomic E-state index is 0.0543. The summed E-state index contributed by atoms with van der Waals surface area (Å²) in [5.74, 6) is 0.113. The molecule has 2 atom stereocenters. The molecule has 4 heteroatoms. The lowest BCUT2D eigenvalue weighted by Gasteiger charge is -2.34. The van der Waals surface area contributed by atoms with Crippen molar-refractivity contribution in [3.05, 3.63) is 58.9 Å². The number of nitrogens with zero attached hydrogens (tertiary/aromatic N) is 2. The molecule has 0 spiro atoms. The standard InChI is InChI=1S/C22H29N3O/c1-16(19-10-9-18-6-3-4-7-20(18)14-19)23-22(26)15-25-13-12-24-11-5-8-21(24)17(25)2/h5,8-11,14,16-17H,3-4,6-7,12-13,15H2,1-2H3,(H,23,26)/t16-,17-/m0/s1. The van der Waals surface area contributed by atoms with E-state index in [9.17, 15) is 4.79 Å². The first-order valence-corrected chi connectivity index (χ1v) is 9.92. The average Bonchev–Trinajstić information content (AvgIpc) is 3.13. The molecule has 0 radical (unpaired) electrons. The van der Waals surface area contributed by atoms with Crippen LogP contribution in [0.1, 0.15) is 61.2 Å². The Labute approximate surface area is 156 Å². The fraction of sp³-hybridized carbons (Fsp3) is 0.500. The molecule has 1 aromatic carbocycles. The van der Waals surface area contributed by atoms with Crippen molar-refractivity contribution < 1.29 is 4.79 Å². The summed E-state index contributed by atoms with van der Waals surface area (Å²) in [6.07, 6.45) is 7.09. The molecule has 0 fully saturated rings. The van der Waals surface area contributed by atoms with Crippen LogP contribution in [0.5, 0.6) is 0 Å². The summed E-state index contributed by atoms with van der Waals surface area (Å²) >= 11 is 0. The second-order valence-corrected chi connectivity index (χ2v) is 7.80. The zero-order valence-corrected chi connectivity index (χ0v) is 15.9. The van der Waals surface area contributed by atoms with Crippen LogP contribution in [0.25, 0.3) is 0 Å². The number of nitrogens with one attached hydrogen (secondary N) is 1. The van der Waals surface area contributed by atoms with Gasteiger partial charge in [-0.1, -0.05) is 18.2 Å². The lowest BCUT2D eigenvalue weighted by atomic mass is 9.89. The van der Waals surface area contributed by atoms with Gasteiger partial charge in [-0.05, 0) is 68.4 Å². The van der Waals surface area contributed by atoms with E-state index < -0.39 is 0 Å². The molecule has 26 heavy (non-hydrogen) atoms. The molecule has 1 aliphatic carbocycles. The van der Waals surface area contributed by atoms with Crippen LogP contribution in [0.2, 0.25) is 0 Å². The van der Waals surface area contributed by atoms with Gasteiger partial charge in [-0.3, -0.25) is 9.69 Å². The van der Waals surface area contributed by atoms with E-state index in [2.05, 4.69) is 65.2 Å². The molecular formula is C22H29N3O. The Balaban J connectivity index is 1.37. The summed E-state index contributed by atoms with van der Waals surface area (Å²) < 4.78 is 2.29. The number of hydrogen-bond donors (Lipinski definition) is 1. The molecule has 0 saturated heterocycles. The summed E-state index contributed by atoms with van der Waals surface area (Å²) in [7, 11) is 0. The van der Waals surface area contributed by atoms with E-state index in [0.717, 1.165) is 13.1 Å². The Morgan fingerprint density at radius 3 is 2.85 bits per heavy atom. The fourth-order valence-electron chi connectivity index (χ4n) is 4.42. The van der Waals surface area contributed by atoms with Crippen LogP contribution in [0, 0.1) is 0 Å². The van der Waals surface area contributed by atoms with Gasteiger partial charge in [0.05, 0.1) is 12.6 Å². The number of benzene rings is 1. The predicted molar refractivity (Wildman–Crippen MR) is 104 cm³/mol. The van der Waals surface area contributed by atoms with Gasteiger partial charge >= 0.3 is 0 Å². The lowest BCUT2D eigenvalue weighted by Crippen LogP contribution is -2.43. The lowest BCUT2D eigenvalue weighted by molar-refractivity contribution is -0.123. The van der Waals surface area contributed by atoms with E-state index in [0.29, 0.717) is 6.54 Å². The molecule has 1 aliphatic heterocycles. The monoisotopic (exact) mass is 351 g/mol. The van der Waals surface area contributed by atoms with Crippen LogP contribution in [0.15, 0.2) is 36.5 Å². The van der Waals surface area contributed by atoms with Gasteiger partial charge < -0.3 is 9.88 Å². The highest BCUT2D eigenvalue weighted by molar-refractivity contribution is 5.78. The summed E-state index contributed by atoms with van der Waals surface area (Å²) in [4.78, 5) is 14.9. The summed E-state index contributed by atoms with van der Waals surface area (Å²) in [6, 6.07) is 11.3. The van der Waals surface area contributed by atoms with Gasteiger partial charge in [0.25, 0.3) is 0 Å². The topological polar surface area (TPSA) is 37.3 Å². The highest BCUT2D eigenvalue weighted by atomic mass is 16.2. The number of carbonyl (C=O) groups excluding carboxylic acids is 1. The fourth-order valence-corrected chi connectivity index (χ4v) is 4.42. The molecule has 2 aromatic rings. The van der Waals surface area contributed by atoms with Gasteiger partial charge in [0, 0.05) is 31.0 Å². The van der Waals surface area contributed by atoms with E-state index >= 15 is 0 Å². The SMILES string of the molecule is C[C@H](NC(=O)CN1CCn2cccc2[C@@H]1C)c1ccc2c(c1)CCCC2. The van der Waals surface area contributed by atoms with Gasteiger partial charge in [-0.25, -0.2) is 0 Å². The number of aromatic nitrogens is 1. The third-order valence-electron chi connectivity index (χ3n) is 6.07. The quantitative estimate of drug-likeness (QED) is 0.913. The molecule has 1 amide bonds. The molecule has 0 unspecified atom stereocenters. The molecule has 1 aromatic heterocycles. The molecule has 4 nitrogen and oxygen atoms in total. The van der Waals surface area contributed by atoms with Gasteiger partial charge in [0.1, 0.15) is 0 Å². The van der Waals surface area contributed by atoms with E-state index in [1.54, 1.807) is 0 Å². The summed E-state index contributed by atoms with van der Waals surface area (Å²) in [6.45, 7) is 6.61. The van der Waals surface area contributed by atoms with Crippen molar-refractivity contribution in [3.8, 4) is 0 Å². The first-order valence-electron chi connectivity index (χ1n) is 9.92. The second-order valence-electron chi connectivity index (χ2n) is 7.80. The first-order chi connectivity index (χ1) is 12.6. The second kappa shape index (κ2) is 7.28. The summed E-state index contributed by atoms with van der Waals surface area (Å²) in [5, 5.41) is 3.20. The van der Waals surface area contributed by atoms with Crippen molar-refractivity contribution in [3.63, 3.8) is 0 Å². The average molecular weight is 351 g/mol. The van der Waals surface area contributed by atoms with E-state index in [-0.39, 0.29) is 18.0 Å². The molecule has 2 heterocycles. The minimum atomic E-state index is 0.0543. The van der Waals surface area contributed by atoms with Gasteiger partial charge in [0.15, 0.2) is 0 Å². The van der Waals surface area contributed by atoms with E-state index in [1.165, 1.54) is 48.1 Å². The molecule has 1 N–H and O–H groups in total. The van der Waals surface area contributed by atoms with Crippen LogP contribution in [0.4, 0.5) is 0 Å². The van der Waals surface area contributed by atoms with Gasteiger partial charge in [-0.15, -0.1) is 0 Å². The molecule has 0 saturated carbocycles. The Morgan fingerprint density at radius 2 is 2.00 bits per heavy atom. The van der Waals surface area contributed by atoms with E-state index in [4.69, 9.17) is 0 Å². The van der Waals surface area contributed by atoms with Crippen molar-refractivity contribution in [2.24, 2.45) is 0 Å². The van der Waals surface area contributed by atoms with Crippen molar-refractivity contribution in [2.75, 3.05) is 13.1 Å². The number of aryl methyl sites for hydroxylation is 2. The van der Waals surface area contributed by atoms with Crippen molar-refractivity contribution in [1.82, 2.24) is 14.8 Å². The van der Waals surface area contributed by atoms with Crippen LogP contribution in [0.3, 0.4) is 0 Å². The Bertz CT molecular complexity index is 794. The normalized spacial score (nSPS) is 20.9. The highest BCUT2D eigenvalue weighted by Gasteiger charge is 2.25.